The predicted molar refractivity (Wildman–Crippen MR) is 71.2 cm³/mol. The summed E-state index contributed by atoms with van der Waals surface area (Å²) in [5.74, 6) is -0.424. The molecule has 2 heterocycles. The summed E-state index contributed by atoms with van der Waals surface area (Å²) in [6.45, 7) is 1.69. The molecule has 7 nitrogen and oxygen atoms in total. The number of barbiturate groups is 1. The van der Waals surface area contributed by atoms with Gasteiger partial charge in [-0.25, -0.2) is 14.7 Å². The minimum absolute atomic E-state index is 0.224. The molecule has 1 aliphatic heterocycles. The molecule has 1 spiro atoms. The lowest BCUT2D eigenvalue weighted by Gasteiger charge is -2.40. The fraction of sp³-hybridized carbons (Fsp3) is 0.583. The number of carbonyl (C=O) groups excluding carboxylic acids is 3. The van der Waals surface area contributed by atoms with Crippen LogP contribution >= 0.6 is 11.5 Å². The van der Waals surface area contributed by atoms with E-state index < -0.39 is 23.3 Å². The summed E-state index contributed by atoms with van der Waals surface area (Å²) < 4.78 is 3.99. The van der Waals surface area contributed by atoms with Gasteiger partial charge in [0.2, 0.25) is 11.0 Å². The Balaban J connectivity index is 2.00. The summed E-state index contributed by atoms with van der Waals surface area (Å²) in [5, 5.41) is 2.52. The molecule has 106 valence electrons. The lowest BCUT2D eigenvalue weighted by Crippen LogP contribution is -2.64. The maximum absolute atomic E-state index is 12.7. The Morgan fingerprint density at radius 1 is 1.20 bits per heavy atom. The molecule has 8 heteroatoms. The normalized spacial score (nSPS) is 22.2. The molecule has 1 aromatic rings. The van der Waals surface area contributed by atoms with Crippen molar-refractivity contribution in [3.05, 3.63) is 5.82 Å². The number of hydrogen-bond acceptors (Lipinski definition) is 6. The zero-order valence-electron chi connectivity index (χ0n) is 11.0. The number of aryl methyl sites for hydroxylation is 1. The van der Waals surface area contributed by atoms with E-state index >= 15 is 0 Å². The molecular formula is C12H14N4O3S. The molecule has 20 heavy (non-hydrogen) atoms. The molecule has 2 fully saturated rings. The number of carbonyl (C=O) groups is 3. The van der Waals surface area contributed by atoms with Crippen LogP contribution in [0.4, 0.5) is 9.93 Å². The average molecular weight is 294 g/mol. The minimum Gasteiger partial charge on any atom is -0.276 e. The largest absolute Gasteiger partial charge is 0.337 e. The van der Waals surface area contributed by atoms with Gasteiger partial charge in [-0.2, -0.15) is 4.37 Å². The zero-order valence-corrected chi connectivity index (χ0v) is 11.8. The van der Waals surface area contributed by atoms with Gasteiger partial charge in [-0.05, 0) is 19.8 Å². The summed E-state index contributed by atoms with van der Waals surface area (Å²) in [5.41, 5.74) is -1.11. The number of nitrogens with one attached hydrogen (secondary N) is 1. The van der Waals surface area contributed by atoms with Crippen molar-refractivity contribution in [1.82, 2.24) is 14.7 Å². The van der Waals surface area contributed by atoms with Crippen molar-refractivity contribution < 1.29 is 14.4 Å². The van der Waals surface area contributed by atoms with E-state index in [4.69, 9.17) is 0 Å². The SMILES string of the molecule is Cc1nsc(N2C(=O)NC(=O)C3(CCCCC3)C2=O)n1. The number of anilines is 1. The first kappa shape index (κ1) is 13.2. The molecule has 0 unspecified atom stereocenters. The van der Waals surface area contributed by atoms with Gasteiger partial charge >= 0.3 is 6.03 Å². The number of amides is 4. The van der Waals surface area contributed by atoms with E-state index in [1.54, 1.807) is 6.92 Å². The van der Waals surface area contributed by atoms with E-state index in [1.165, 1.54) is 0 Å². The van der Waals surface area contributed by atoms with E-state index in [1.807, 2.05) is 0 Å². The molecule has 0 radical (unpaired) electrons. The molecule has 1 aliphatic carbocycles. The standard InChI is InChI=1S/C12H14N4O3S/c1-7-13-11(20-15-7)16-9(18)12(5-3-2-4-6-12)8(17)14-10(16)19/h2-6H2,1H3,(H,14,17,19). The van der Waals surface area contributed by atoms with Crippen molar-refractivity contribution >= 4 is 34.5 Å². The van der Waals surface area contributed by atoms with E-state index in [-0.39, 0.29) is 5.13 Å². The third kappa shape index (κ3) is 1.82. The first-order valence-electron chi connectivity index (χ1n) is 6.55. The second kappa shape index (κ2) is 4.62. The first-order chi connectivity index (χ1) is 9.54. The van der Waals surface area contributed by atoms with Gasteiger partial charge in [-0.3, -0.25) is 14.9 Å². The van der Waals surface area contributed by atoms with Gasteiger partial charge in [-0.1, -0.05) is 19.3 Å². The third-order valence-electron chi connectivity index (χ3n) is 3.89. The van der Waals surface area contributed by atoms with Crippen molar-refractivity contribution in [3.8, 4) is 0 Å². The van der Waals surface area contributed by atoms with Crippen LogP contribution in [0.3, 0.4) is 0 Å². The fourth-order valence-corrected chi connectivity index (χ4v) is 3.50. The lowest BCUT2D eigenvalue weighted by atomic mass is 9.71. The Kier molecular flexibility index (Phi) is 3.04. The maximum Gasteiger partial charge on any atom is 0.337 e. The molecule has 1 saturated heterocycles. The van der Waals surface area contributed by atoms with Gasteiger partial charge in [0.25, 0.3) is 5.91 Å². The Bertz CT molecular complexity index is 591. The Morgan fingerprint density at radius 3 is 2.50 bits per heavy atom. The molecule has 2 aliphatic rings. The summed E-state index contributed by atoms with van der Waals surface area (Å²) in [6, 6.07) is -0.729. The van der Waals surface area contributed by atoms with Gasteiger partial charge in [0.05, 0.1) is 0 Å². The number of imide groups is 2. The first-order valence-corrected chi connectivity index (χ1v) is 7.32. The van der Waals surface area contributed by atoms with Crippen LogP contribution in [-0.2, 0) is 9.59 Å². The van der Waals surface area contributed by atoms with Gasteiger partial charge in [0.15, 0.2) is 0 Å². The van der Waals surface area contributed by atoms with E-state index in [0.717, 1.165) is 35.7 Å². The Hall–Kier alpha value is -1.83. The fourth-order valence-electron chi connectivity index (χ4n) is 2.82. The van der Waals surface area contributed by atoms with E-state index in [0.29, 0.717) is 18.7 Å². The summed E-state index contributed by atoms with van der Waals surface area (Å²) >= 11 is 0.984. The van der Waals surface area contributed by atoms with E-state index in [9.17, 15) is 14.4 Å². The average Bonchev–Trinajstić information content (AvgIpc) is 2.84. The van der Waals surface area contributed by atoms with Crippen molar-refractivity contribution in [3.63, 3.8) is 0 Å². The van der Waals surface area contributed by atoms with Crippen molar-refractivity contribution in [2.45, 2.75) is 39.0 Å². The van der Waals surface area contributed by atoms with Crippen LogP contribution in [0.5, 0.6) is 0 Å². The molecule has 1 saturated carbocycles. The summed E-state index contributed by atoms with van der Waals surface area (Å²) in [4.78, 5) is 41.9. The summed E-state index contributed by atoms with van der Waals surface area (Å²) in [6.07, 6.45) is 3.61. The van der Waals surface area contributed by atoms with Crippen molar-refractivity contribution in [1.29, 1.82) is 0 Å². The van der Waals surface area contributed by atoms with Crippen LogP contribution in [-0.4, -0.2) is 27.2 Å². The molecule has 1 N–H and O–H groups in total. The van der Waals surface area contributed by atoms with E-state index in [2.05, 4.69) is 14.7 Å². The molecule has 0 aromatic carbocycles. The second-order valence-electron chi connectivity index (χ2n) is 5.17. The monoisotopic (exact) mass is 294 g/mol. The van der Waals surface area contributed by atoms with Crippen LogP contribution in [0.1, 0.15) is 37.9 Å². The maximum atomic E-state index is 12.7. The van der Waals surface area contributed by atoms with Crippen LogP contribution in [0, 0.1) is 12.3 Å². The van der Waals surface area contributed by atoms with Gasteiger partial charge < -0.3 is 0 Å². The highest BCUT2D eigenvalue weighted by Gasteiger charge is 2.55. The Labute approximate surface area is 119 Å². The number of nitrogens with zero attached hydrogens (tertiary/aromatic N) is 3. The molecule has 4 amide bonds. The van der Waals surface area contributed by atoms with Gasteiger partial charge in [-0.15, -0.1) is 0 Å². The van der Waals surface area contributed by atoms with Crippen LogP contribution < -0.4 is 10.2 Å². The molecular weight excluding hydrogens is 280 g/mol. The zero-order chi connectivity index (χ0) is 14.3. The van der Waals surface area contributed by atoms with Gasteiger partial charge in [0.1, 0.15) is 11.2 Å². The number of urea groups is 1. The minimum atomic E-state index is -1.11. The summed E-state index contributed by atoms with van der Waals surface area (Å²) in [7, 11) is 0. The van der Waals surface area contributed by atoms with Crippen LogP contribution in [0.25, 0.3) is 0 Å². The smallest absolute Gasteiger partial charge is 0.276 e. The molecule has 1 aromatic heterocycles. The topological polar surface area (TPSA) is 92.3 Å². The van der Waals surface area contributed by atoms with Crippen LogP contribution in [0.2, 0.25) is 0 Å². The highest BCUT2D eigenvalue weighted by Crippen LogP contribution is 2.41. The number of hydrogen-bond donors (Lipinski definition) is 1. The Morgan fingerprint density at radius 2 is 1.90 bits per heavy atom. The molecule has 0 atom stereocenters. The lowest BCUT2D eigenvalue weighted by molar-refractivity contribution is -0.144. The van der Waals surface area contributed by atoms with Crippen molar-refractivity contribution in [2.24, 2.45) is 5.41 Å². The molecule has 0 bridgehead atoms. The van der Waals surface area contributed by atoms with Gasteiger partial charge in [0, 0.05) is 11.5 Å². The van der Waals surface area contributed by atoms with Crippen LogP contribution in [0.15, 0.2) is 0 Å². The quantitative estimate of drug-likeness (QED) is 0.790. The number of aromatic nitrogens is 2. The second-order valence-corrected chi connectivity index (χ2v) is 5.90. The predicted octanol–water partition coefficient (Wildman–Crippen LogP) is 1.38. The molecule has 3 rings (SSSR count). The number of rotatable bonds is 1. The highest BCUT2D eigenvalue weighted by atomic mass is 32.1. The van der Waals surface area contributed by atoms with Crippen molar-refractivity contribution in [2.75, 3.05) is 4.90 Å². The highest BCUT2D eigenvalue weighted by molar-refractivity contribution is 7.10. The third-order valence-corrected chi connectivity index (χ3v) is 4.68.